The van der Waals surface area contributed by atoms with Gasteiger partial charge in [-0.3, -0.25) is 9.59 Å². The monoisotopic (exact) mass is 539 g/mol. The van der Waals surface area contributed by atoms with Crippen LogP contribution in [0.4, 0.5) is 0 Å². The number of hydrogen-bond donors (Lipinski definition) is 0. The topological polar surface area (TPSA) is 55.8 Å². The van der Waals surface area contributed by atoms with Crippen LogP contribution >= 0.6 is 0 Å². The quantitative estimate of drug-likeness (QED) is 0.0769. The first-order chi connectivity index (χ1) is 18.3. The highest BCUT2D eigenvalue weighted by Crippen LogP contribution is 2.24. The molecular weight excluding hydrogens is 474 g/mol. The molecule has 5 heteroatoms. The van der Waals surface area contributed by atoms with Crippen LogP contribution in [0.1, 0.15) is 156 Å². The first-order valence-electron chi connectivity index (χ1n) is 16.3. The second-order valence-electron chi connectivity index (χ2n) is 12.1. The summed E-state index contributed by atoms with van der Waals surface area (Å²) in [5.41, 5.74) is 0. The third-order valence-electron chi connectivity index (χ3n) is 7.47. The summed E-state index contributed by atoms with van der Waals surface area (Å²) in [4.78, 5) is 27.2. The standard InChI is InChI=1S/C33H65NO4/c1-7-9-18-24-30(23-10-8-2)31(38-33(36)26-21-27-34(5)6)28-37-32(35)25-20-17-15-13-11-12-14-16-19-22-29(3)4/h29-31H,7-28H2,1-6H3. The van der Waals surface area contributed by atoms with Crippen LogP contribution in [0.2, 0.25) is 0 Å². The Balaban J connectivity index is 4.43. The molecule has 226 valence electrons. The molecule has 2 atom stereocenters. The van der Waals surface area contributed by atoms with Crippen LogP contribution in [0, 0.1) is 11.8 Å². The Kier molecular flexibility index (Phi) is 25.4. The van der Waals surface area contributed by atoms with Crippen LogP contribution in [0.5, 0.6) is 0 Å². The average Bonchev–Trinajstić information content (AvgIpc) is 2.86. The summed E-state index contributed by atoms with van der Waals surface area (Å²) in [5.74, 6) is 0.780. The van der Waals surface area contributed by atoms with Crippen LogP contribution in [-0.4, -0.2) is 50.2 Å². The fourth-order valence-electron chi connectivity index (χ4n) is 4.98. The number of hydrogen-bond acceptors (Lipinski definition) is 5. The van der Waals surface area contributed by atoms with Crippen LogP contribution in [0.3, 0.4) is 0 Å². The molecule has 0 bridgehead atoms. The molecule has 0 saturated heterocycles. The smallest absolute Gasteiger partial charge is 0.306 e. The predicted octanol–water partition coefficient (Wildman–Crippen LogP) is 9.12. The Morgan fingerprint density at radius 2 is 1.16 bits per heavy atom. The lowest BCUT2D eigenvalue weighted by molar-refractivity contribution is -0.163. The maximum atomic E-state index is 12.6. The fourth-order valence-corrected chi connectivity index (χ4v) is 4.98. The summed E-state index contributed by atoms with van der Waals surface area (Å²) < 4.78 is 11.6. The van der Waals surface area contributed by atoms with Crippen molar-refractivity contribution in [1.82, 2.24) is 4.90 Å². The van der Waals surface area contributed by atoms with Gasteiger partial charge in [0.1, 0.15) is 12.7 Å². The van der Waals surface area contributed by atoms with E-state index in [1.165, 1.54) is 64.2 Å². The molecular formula is C33H65NO4. The minimum absolute atomic E-state index is 0.147. The van der Waals surface area contributed by atoms with E-state index >= 15 is 0 Å². The lowest BCUT2D eigenvalue weighted by Gasteiger charge is -2.27. The molecule has 2 unspecified atom stereocenters. The van der Waals surface area contributed by atoms with E-state index in [1.807, 2.05) is 14.1 Å². The molecule has 38 heavy (non-hydrogen) atoms. The van der Waals surface area contributed by atoms with Crippen molar-refractivity contribution in [2.75, 3.05) is 27.2 Å². The van der Waals surface area contributed by atoms with E-state index in [-0.39, 0.29) is 30.6 Å². The minimum Gasteiger partial charge on any atom is -0.462 e. The molecule has 0 fully saturated rings. The highest BCUT2D eigenvalue weighted by atomic mass is 16.6. The van der Waals surface area contributed by atoms with Gasteiger partial charge in [0.25, 0.3) is 0 Å². The van der Waals surface area contributed by atoms with E-state index in [9.17, 15) is 9.59 Å². The van der Waals surface area contributed by atoms with Gasteiger partial charge in [0.05, 0.1) is 0 Å². The molecule has 0 aliphatic rings. The van der Waals surface area contributed by atoms with Gasteiger partial charge < -0.3 is 14.4 Å². The zero-order chi connectivity index (χ0) is 28.4. The van der Waals surface area contributed by atoms with Gasteiger partial charge in [-0.15, -0.1) is 0 Å². The molecule has 0 saturated carbocycles. The molecule has 5 nitrogen and oxygen atoms in total. The zero-order valence-corrected chi connectivity index (χ0v) is 26.4. The molecule has 0 amide bonds. The third-order valence-corrected chi connectivity index (χ3v) is 7.47. The second-order valence-corrected chi connectivity index (χ2v) is 12.1. The van der Waals surface area contributed by atoms with Crippen molar-refractivity contribution in [1.29, 1.82) is 0 Å². The van der Waals surface area contributed by atoms with Crippen LogP contribution in [0.15, 0.2) is 0 Å². The van der Waals surface area contributed by atoms with E-state index in [1.54, 1.807) is 0 Å². The lowest BCUT2D eigenvalue weighted by atomic mass is 9.90. The molecule has 0 aromatic heterocycles. The average molecular weight is 540 g/mol. The van der Waals surface area contributed by atoms with Crippen molar-refractivity contribution in [3.63, 3.8) is 0 Å². The molecule has 0 radical (unpaired) electrons. The van der Waals surface area contributed by atoms with Crippen molar-refractivity contribution in [3.05, 3.63) is 0 Å². The normalized spacial score (nSPS) is 13.2. The fraction of sp³-hybridized carbons (Fsp3) is 0.939. The second kappa shape index (κ2) is 26.1. The predicted molar refractivity (Wildman–Crippen MR) is 161 cm³/mol. The number of ether oxygens (including phenoxy) is 2. The molecule has 0 rings (SSSR count). The number of unbranched alkanes of at least 4 members (excludes halogenated alkanes) is 11. The van der Waals surface area contributed by atoms with Crippen LogP contribution in [0.25, 0.3) is 0 Å². The van der Waals surface area contributed by atoms with Crippen molar-refractivity contribution in [2.24, 2.45) is 11.8 Å². The summed E-state index contributed by atoms with van der Waals surface area (Å²) in [7, 11) is 4.02. The highest BCUT2D eigenvalue weighted by molar-refractivity contribution is 5.70. The van der Waals surface area contributed by atoms with Crippen LogP contribution in [-0.2, 0) is 19.1 Å². The molecule has 0 heterocycles. The maximum Gasteiger partial charge on any atom is 0.306 e. The third kappa shape index (κ3) is 24.0. The SMILES string of the molecule is CCCCCC(CCCC)C(COC(=O)CCCCCCCCCCCC(C)C)OC(=O)CCCN(C)C. The zero-order valence-electron chi connectivity index (χ0n) is 26.4. The minimum atomic E-state index is -0.324. The number of esters is 2. The lowest BCUT2D eigenvalue weighted by Crippen LogP contribution is -2.33. The van der Waals surface area contributed by atoms with Crippen molar-refractivity contribution < 1.29 is 19.1 Å². The van der Waals surface area contributed by atoms with Gasteiger partial charge >= 0.3 is 11.9 Å². The first-order valence-corrected chi connectivity index (χ1v) is 16.3. The van der Waals surface area contributed by atoms with Crippen molar-refractivity contribution >= 4 is 11.9 Å². The van der Waals surface area contributed by atoms with Gasteiger partial charge in [-0.25, -0.2) is 0 Å². The molecule has 0 spiro atoms. The van der Waals surface area contributed by atoms with Gasteiger partial charge in [0.2, 0.25) is 0 Å². The number of carbonyl (C=O) groups excluding carboxylic acids is 2. The van der Waals surface area contributed by atoms with E-state index in [0.717, 1.165) is 63.8 Å². The van der Waals surface area contributed by atoms with Gasteiger partial charge in [0.15, 0.2) is 0 Å². The van der Waals surface area contributed by atoms with Gasteiger partial charge in [0, 0.05) is 12.8 Å². The largest absolute Gasteiger partial charge is 0.462 e. The Hall–Kier alpha value is -1.10. The first kappa shape index (κ1) is 36.9. The number of nitrogens with zero attached hydrogens (tertiary/aromatic N) is 1. The molecule has 0 N–H and O–H groups in total. The summed E-state index contributed by atoms with van der Waals surface area (Å²) in [5, 5.41) is 0. The van der Waals surface area contributed by atoms with E-state index in [4.69, 9.17) is 9.47 Å². The van der Waals surface area contributed by atoms with E-state index in [2.05, 4.69) is 32.6 Å². The summed E-state index contributed by atoms with van der Waals surface area (Å²) in [6, 6.07) is 0. The number of carbonyl (C=O) groups is 2. The summed E-state index contributed by atoms with van der Waals surface area (Å²) >= 11 is 0. The highest BCUT2D eigenvalue weighted by Gasteiger charge is 2.26. The van der Waals surface area contributed by atoms with Gasteiger partial charge in [-0.05, 0) is 58.2 Å². The van der Waals surface area contributed by atoms with Crippen molar-refractivity contribution in [3.8, 4) is 0 Å². The Labute approximate surface area is 237 Å². The Morgan fingerprint density at radius 1 is 0.632 bits per heavy atom. The summed E-state index contributed by atoms with van der Waals surface area (Å²) in [6.45, 7) is 10.1. The maximum absolute atomic E-state index is 12.6. The molecule has 0 aliphatic carbocycles. The Bertz CT molecular complexity index is 549. The summed E-state index contributed by atoms with van der Waals surface area (Å²) in [6.07, 6.45) is 21.6. The number of rotatable bonds is 27. The molecule has 0 aliphatic heterocycles. The Morgan fingerprint density at radius 3 is 1.74 bits per heavy atom. The van der Waals surface area contributed by atoms with E-state index < -0.39 is 0 Å². The molecule has 0 aromatic carbocycles. The van der Waals surface area contributed by atoms with Crippen LogP contribution < -0.4 is 0 Å². The van der Waals surface area contributed by atoms with Crippen molar-refractivity contribution in [2.45, 2.75) is 162 Å². The molecule has 0 aromatic rings. The van der Waals surface area contributed by atoms with E-state index in [0.29, 0.717) is 12.8 Å². The van der Waals surface area contributed by atoms with Gasteiger partial charge in [-0.2, -0.15) is 0 Å². The van der Waals surface area contributed by atoms with Gasteiger partial charge in [-0.1, -0.05) is 118 Å².